The first kappa shape index (κ1) is 34.2. The van der Waals surface area contributed by atoms with Gasteiger partial charge < -0.3 is 5.11 Å². The Labute approximate surface area is 210 Å². The summed E-state index contributed by atoms with van der Waals surface area (Å²) < 4.78 is 0. The summed E-state index contributed by atoms with van der Waals surface area (Å²) in [4.78, 5) is 62.9. The fourth-order valence-corrected chi connectivity index (χ4v) is 3.93. The zero-order chi connectivity index (χ0) is 26.2. The second-order valence-electron chi connectivity index (χ2n) is 9.29. The van der Waals surface area contributed by atoms with Crippen LogP contribution in [0, 0.1) is 10.8 Å². The first-order valence-electron chi connectivity index (χ1n) is 11.8. The van der Waals surface area contributed by atoms with Crippen LogP contribution in [0.4, 0.5) is 0 Å². The first-order valence-corrected chi connectivity index (χ1v) is 13.4. The molecule has 0 spiro atoms. The molecule has 0 heterocycles. The van der Waals surface area contributed by atoms with Crippen molar-refractivity contribution in [2.24, 2.45) is 10.8 Å². The van der Waals surface area contributed by atoms with Crippen molar-refractivity contribution in [3.63, 3.8) is 0 Å². The van der Waals surface area contributed by atoms with Crippen LogP contribution < -0.4 is 0 Å². The summed E-state index contributed by atoms with van der Waals surface area (Å²) >= 11 is 6.44. The summed E-state index contributed by atoms with van der Waals surface area (Å²) in [5, 5.41) is 9.81. The lowest BCUT2D eigenvalue weighted by Gasteiger charge is -2.44. The number of hydrogen-bond donors (Lipinski definition) is 3. The molecule has 0 bridgehead atoms. The molecule has 0 amide bonds. The molecule has 0 aromatic rings. The number of thiol groups is 2. The quantitative estimate of drug-likeness (QED) is 0.172. The highest BCUT2D eigenvalue weighted by atomic mass is 33.1. The molecule has 0 aromatic carbocycles. The maximum absolute atomic E-state index is 13.5. The summed E-state index contributed by atoms with van der Waals surface area (Å²) in [6, 6.07) is 0. The van der Waals surface area contributed by atoms with Crippen molar-refractivity contribution >= 4 is 52.2 Å². The Morgan fingerprint density at radius 1 is 0.818 bits per heavy atom. The molecule has 0 aliphatic heterocycles. The van der Waals surface area contributed by atoms with Crippen LogP contribution in [0.1, 0.15) is 112 Å². The minimum atomic E-state index is -1.39. The van der Waals surface area contributed by atoms with E-state index in [4.69, 9.17) is 0 Å². The van der Waals surface area contributed by atoms with E-state index in [9.17, 15) is 29.1 Å². The number of ketones is 5. The molecule has 2 unspecified atom stereocenters. The van der Waals surface area contributed by atoms with Gasteiger partial charge in [-0.1, -0.05) is 34.1 Å². The third kappa shape index (κ3) is 11.3. The highest BCUT2D eigenvalue weighted by molar-refractivity contribution is 8.59. The lowest BCUT2D eigenvalue weighted by molar-refractivity contribution is -0.152. The minimum absolute atomic E-state index is 0.0155. The molecule has 2 atom stereocenters. The zero-order valence-electron chi connectivity index (χ0n) is 21.2. The van der Waals surface area contributed by atoms with E-state index < -0.39 is 22.7 Å². The molecule has 0 saturated carbocycles. The van der Waals surface area contributed by atoms with Gasteiger partial charge in [0, 0.05) is 49.4 Å². The SMILES string of the molecule is CCCCC(=O)CCCC(=O)C(CCC(=O)CCC)(CC(=O)C(C)O)C(C)(C)C(C)=O.SS. The number of aliphatic hydroxyl groups is 1. The van der Waals surface area contributed by atoms with Crippen molar-refractivity contribution in [1.29, 1.82) is 0 Å². The van der Waals surface area contributed by atoms with Gasteiger partial charge in [0.05, 0.1) is 0 Å². The first-order chi connectivity index (χ1) is 15.4. The van der Waals surface area contributed by atoms with E-state index in [0.717, 1.165) is 12.8 Å². The number of carbonyl (C=O) groups excluding carboxylic acids is 5. The van der Waals surface area contributed by atoms with Crippen LogP contribution in [0.2, 0.25) is 0 Å². The van der Waals surface area contributed by atoms with Crippen LogP contribution in [0.15, 0.2) is 0 Å². The molecule has 0 rings (SSSR count). The maximum Gasteiger partial charge on any atom is 0.162 e. The van der Waals surface area contributed by atoms with Crippen molar-refractivity contribution in [3.05, 3.63) is 0 Å². The van der Waals surface area contributed by atoms with E-state index in [1.165, 1.54) is 13.8 Å². The molecular formula is C25H44O6S2. The van der Waals surface area contributed by atoms with Crippen molar-refractivity contribution in [1.82, 2.24) is 0 Å². The molecule has 0 aromatic heterocycles. The molecule has 0 saturated heterocycles. The number of aliphatic hydroxyl groups excluding tert-OH is 1. The van der Waals surface area contributed by atoms with Gasteiger partial charge in [0.2, 0.25) is 0 Å². The molecule has 0 aliphatic carbocycles. The average molecular weight is 505 g/mol. The summed E-state index contributed by atoms with van der Waals surface area (Å²) in [5.41, 5.74) is -2.57. The van der Waals surface area contributed by atoms with Gasteiger partial charge in [-0.3, -0.25) is 24.0 Å². The Bertz CT molecular complexity index is 657. The van der Waals surface area contributed by atoms with Gasteiger partial charge in [0.1, 0.15) is 29.2 Å². The average Bonchev–Trinajstić information content (AvgIpc) is 2.76. The summed E-state index contributed by atoms with van der Waals surface area (Å²) in [6.07, 6.45) is 2.59. The van der Waals surface area contributed by atoms with Crippen LogP contribution >= 0.6 is 23.3 Å². The molecular weight excluding hydrogens is 460 g/mol. The molecule has 1 N–H and O–H groups in total. The van der Waals surface area contributed by atoms with E-state index in [1.54, 1.807) is 13.8 Å². The van der Waals surface area contributed by atoms with Crippen molar-refractivity contribution in [3.8, 4) is 0 Å². The van der Waals surface area contributed by atoms with Crippen LogP contribution in [0.3, 0.4) is 0 Å². The van der Waals surface area contributed by atoms with Crippen molar-refractivity contribution in [2.45, 2.75) is 118 Å². The smallest absolute Gasteiger partial charge is 0.162 e. The fraction of sp³-hybridized carbons (Fsp3) is 0.800. The van der Waals surface area contributed by atoms with Gasteiger partial charge in [-0.25, -0.2) is 0 Å². The normalized spacial score (nSPS) is 13.8. The molecule has 8 heteroatoms. The molecule has 33 heavy (non-hydrogen) atoms. The third-order valence-corrected chi connectivity index (χ3v) is 6.58. The standard InChI is InChI=1S/C25H42O6.H2S2/c1-7-9-12-21(29)13-10-14-23(31)25(17-22(30)18(3)26,24(5,6)19(4)27)16-15-20(28)11-8-2;1-2/h18,26H,7-17H2,1-6H3;1-2H. The highest BCUT2D eigenvalue weighted by Crippen LogP contribution is 2.49. The molecule has 6 nitrogen and oxygen atoms in total. The van der Waals surface area contributed by atoms with Crippen molar-refractivity contribution < 1.29 is 29.1 Å². The highest BCUT2D eigenvalue weighted by Gasteiger charge is 2.53. The van der Waals surface area contributed by atoms with Crippen LogP contribution in [-0.4, -0.2) is 40.1 Å². The molecule has 0 radical (unpaired) electrons. The Balaban J connectivity index is 0. The monoisotopic (exact) mass is 504 g/mol. The molecule has 0 fully saturated rings. The summed E-state index contributed by atoms with van der Waals surface area (Å²) in [6.45, 7) is 9.90. The van der Waals surface area contributed by atoms with Gasteiger partial charge in [-0.05, 0) is 39.5 Å². The Hall–Kier alpha value is -0.990. The lowest BCUT2D eigenvalue weighted by Crippen LogP contribution is -2.51. The van der Waals surface area contributed by atoms with Gasteiger partial charge in [-0.15, -0.1) is 23.3 Å². The minimum Gasteiger partial charge on any atom is -0.386 e. The maximum atomic E-state index is 13.5. The van der Waals surface area contributed by atoms with Gasteiger partial charge in [0.15, 0.2) is 5.78 Å². The van der Waals surface area contributed by atoms with Crippen molar-refractivity contribution in [2.75, 3.05) is 0 Å². The number of carbonyl (C=O) groups is 5. The molecule has 0 aliphatic rings. The van der Waals surface area contributed by atoms with Crippen LogP contribution in [-0.2, 0) is 24.0 Å². The number of Topliss-reactive ketones (excluding diaryl/α,β-unsaturated/α-hetero) is 5. The second-order valence-corrected chi connectivity index (χ2v) is 9.29. The largest absolute Gasteiger partial charge is 0.386 e. The number of unbranched alkanes of at least 4 members (excludes halogenated alkanes) is 1. The Morgan fingerprint density at radius 3 is 1.79 bits per heavy atom. The second kappa shape index (κ2) is 17.4. The van der Waals surface area contributed by atoms with E-state index >= 15 is 0 Å². The topological polar surface area (TPSA) is 106 Å². The van der Waals surface area contributed by atoms with E-state index in [1.807, 2.05) is 13.8 Å². The number of rotatable bonds is 18. The number of hydrogen-bond acceptors (Lipinski definition) is 8. The predicted molar refractivity (Wildman–Crippen MR) is 139 cm³/mol. The Morgan fingerprint density at radius 2 is 1.33 bits per heavy atom. The lowest BCUT2D eigenvalue weighted by atomic mass is 9.56. The van der Waals surface area contributed by atoms with Crippen LogP contribution in [0.25, 0.3) is 0 Å². The van der Waals surface area contributed by atoms with Gasteiger partial charge in [0.25, 0.3) is 0 Å². The van der Waals surface area contributed by atoms with Gasteiger partial charge in [-0.2, -0.15) is 0 Å². The Kier molecular flexibility index (Phi) is 18.1. The third-order valence-electron chi connectivity index (χ3n) is 6.58. The predicted octanol–water partition coefficient (Wildman–Crippen LogP) is 5.34. The fourth-order valence-electron chi connectivity index (χ4n) is 3.93. The van der Waals surface area contributed by atoms with Gasteiger partial charge >= 0.3 is 0 Å². The van der Waals surface area contributed by atoms with E-state index in [0.29, 0.717) is 25.7 Å². The van der Waals surface area contributed by atoms with E-state index in [-0.39, 0.29) is 55.2 Å². The molecule has 192 valence electrons. The zero-order valence-corrected chi connectivity index (χ0v) is 23.0. The van der Waals surface area contributed by atoms with Crippen LogP contribution in [0.5, 0.6) is 0 Å². The van der Waals surface area contributed by atoms with E-state index in [2.05, 4.69) is 23.3 Å². The summed E-state index contributed by atoms with van der Waals surface area (Å²) in [5.74, 6) is -0.970. The summed E-state index contributed by atoms with van der Waals surface area (Å²) in [7, 11) is 0.